The summed E-state index contributed by atoms with van der Waals surface area (Å²) >= 11 is 0. The Morgan fingerprint density at radius 1 is 1.02 bits per heavy atom. The Balaban J connectivity index is 1.23. The number of carbonyl (C=O) groups is 1. The van der Waals surface area contributed by atoms with Gasteiger partial charge in [0.1, 0.15) is 54.6 Å². The molecule has 7 heterocycles. The molecule has 0 N–H and O–H groups in total. The highest BCUT2D eigenvalue weighted by molar-refractivity contribution is 6.90. The molecule has 0 aliphatic carbocycles. The number of hydrogen-bond acceptors (Lipinski definition) is 10. The lowest BCUT2D eigenvalue weighted by molar-refractivity contribution is 0.000934. The summed E-state index contributed by atoms with van der Waals surface area (Å²) < 4.78 is 59.7. The summed E-state index contributed by atoms with van der Waals surface area (Å²) in [4.78, 5) is 35.2. The SMILES string of the molecule is C=C1CCN2CC(OC)CC12COc1nc2c3c(nc(-c4cccc5ccc(F)c(C#C[Si](C(C)C)(C(C)C)C(C)C)c45)c(F)c3n1)O[C@@H](C)[C@@H]1[C@@H]3CC[C@H](CN21)N3C(=O)OC(C)(C)C. The Morgan fingerprint density at radius 2 is 1.75 bits per heavy atom. The number of fused-ring (bicyclic) bond motifs is 7. The highest BCUT2D eigenvalue weighted by atomic mass is 28.3. The molecule has 2 unspecified atom stereocenters. The number of aromatic nitrogens is 3. The van der Waals surface area contributed by atoms with E-state index in [0.717, 1.165) is 37.9 Å². The summed E-state index contributed by atoms with van der Waals surface area (Å²) in [6, 6.07) is 7.77. The topological polar surface area (TPSA) is 102 Å². The first-order valence-electron chi connectivity index (χ1n) is 23.5. The highest BCUT2D eigenvalue weighted by Gasteiger charge is 2.55. The van der Waals surface area contributed by atoms with Gasteiger partial charge in [-0.2, -0.15) is 9.97 Å². The Bertz CT molecular complexity index is 2620. The predicted molar refractivity (Wildman–Crippen MR) is 253 cm³/mol. The molecule has 6 atom stereocenters. The largest absolute Gasteiger partial charge is 0.472 e. The fraction of sp³-hybridized carbons (Fsp3) is 0.569. The van der Waals surface area contributed by atoms with Crippen LogP contribution in [0, 0.1) is 23.1 Å². The van der Waals surface area contributed by atoms with Gasteiger partial charge in [0.15, 0.2) is 5.82 Å². The van der Waals surface area contributed by atoms with Gasteiger partial charge in [0.2, 0.25) is 5.88 Å². The van der Waals surface area contributed by atoms with Crippen molar-refractivity contribution in [2.24, 2.45) is 0 Å². The fourth-order valence-electron chi connectivity index (χ4n) is 12.3. The monoisotopic (exact) mass is 906 g/mol. The van der Waals surface area contributed by atoms with E-state index in [1.54, 1.807) is 19.2 Å². The van der Waals surface area contributed by atoms with Crippen LogP contribution in [-0.2, 0) is 9.47 Å². The van der Waals surface area contributed by atoms with E-state index in [-0.39, 0.29) is 59.6 Å². The van der Waals surface area contributed by atoms with Gasteiger partial charge in [-0.1, -0.05) is 83.9 Å². The van der Waals surface area contributed by atoms with E-state index in [4.69, 9.17) is 33.9 Å². The zero-order valence-corrected chi connectivity index (χ0v) is 40.8. The maximum Gasteiger partial charge on any atom is 0.410 e. The third-order valence-electron chi connectivity index (χ3n) is 15.3. The second-order valence-electron chi connectivity index (χ2n) is 20.9. The van der Waals surface area contributed by atoms with Crippen LogP contribution < -0.4 is 14.4 Å². The lowest BCUT2D eigenvalue weighted by Crippen LogP contribution is -2.65. The Kier molecular flexibility index (Phi) is 11.5. The molecule has 4 fully saturated rings. The summed E-state index contributed by atoms with van der Waals surface area (Å²) in [6.07, 6.45) is 2.14. The van der Waals surface area contributed by atoms with Gasteiger partial charge in [-0.15, -0.1) is 5.54 Å². The van der Waals surface area contributed by atoms with Crippen LogP contribution in [0.1, 0.15) is 100 Å². The molecular formula is C51H64F2N6O5Si. The molecule has 65 heavy (non-hydrogen) atoms. The first kappa shape index (κ1) is 45.3. The number of rotatable bonds is 8. The Morgan fingerprint density at radius 3 is 2.45 bits per heavy atom. The van der Waals surface area contributed by atoms with Crippen molar-refractivity contribution in [3.05, 3.63) is 59.7 Å². The number of piperazine rings is 1. The lowest BCUT2D eigenvalue weighted by atomic mass is 9.90. The van der Waals surface area contributed by atoms with Crippen molar-refractivity contribution in [1.29, 1.82) is 0 Å². The van der Waals surface area contributed by atoms with Crippen molar-refractivity contribution in [3.63, 3.8) is 0 Å². The molecule has 0 saturated carbocycles. The second-order valence-corrected chi connectivity index (χ2v) is 26.5. The zero-order chi connectivity index (χ0) is 46.5. The summed E-state index contributed by atoms with van der Waals surface area (Å²) in [5.74, 6) is 2.77. The van der Waals surface area contributed by atoms with Gasteiger partial charge in [0, 0.05) is 44.1 Å². The molecule has 11 nitrogen and oxygen atoms in total. The van der Waals surface area contributed by atoms with Gasteiger partial charge >= 0.3 is 12.1 Å². The quantitative estimate of drug-likeness (QED) is 0.0965. The maximum atomic E-state index is 18.1. The molecule has 0 spiro atoms. The number of pyridine rings is 1. The minimum absolute atomic E-state index is 0.00693. The molecule has 14 heteroatoms. The fourth-order valence-corrected chi connectivity index (χ4v) is 17.5. The van der Waals surface area contributed by atoms with Gasteiger partial charge in [-0.25, -0.2) is 18.6 Å². The van der Waals surface area contributed by atoms with Crippen molar-refractivity contribution < 1.29 is 32.5 Å². The standard InChI is InChI=1S/C51H64F2N6O5Si/c1-28(2)65(29(3)4,30(5)6)23-21-36-38(52)18-16-33-14-13-15-37(40(33)36)43-42(53)44-41-46(56-48(55-44)62-27-51-24-35(61-12)26-57(51)22-20-31(51)7)58-25-34-17-19-39(45(58)32(8)63-47(41)54-43)59(34)49(60)64-50(9,10)11/h13-16,18,28-30,32,34-35,39,45H,7,17,19-20,22,24-27H2,1-6,8-12H3/t32-,34+,35?,39-,45+,51?/m0/s1. The molecule has 9 rings (SSSR count). The second kappa shape index (κ2) is 16.5. The molecular weight excluding hydrogens is 843 g/mol. The lowest BCUT2D eigenvalue weighted by Gasteiger charge is -2.48. The van der Waals surface area contributed by atoms with Gasteiger partial charge in [0.25, 0.3) is 0 Å². The van der Waals surface area contributed by atoms with E-state index in [1.807, 2.05) is 44.7 Å². The number of ether oxygens (including phenoxy) is 4. The van der Waals surface area contributed by atoms with Crippen molar-refractivity contribution in [3.8, 4) is 34.6 Å². The Hall–Kier alpha value is -4.84. The third-order valence-corrected chi connectivity index (χ3v) is 21.6. The van der Waals surface area contributed by atoms with Gasteiger partial charge in [-0.05, 0) is 75.0 Å². The molecule has 4 saturated heterocycles. The van der Waals surface area contributed by atoms with Crippen molar-refractivity contribution >= 4 is 41.7 Å². The van der Waals surface area contributed by atoms with Crippen LogP contribution in [0.5, 0.6) is 11.9 Å². The average molecular weight is 907 g/mol. The first-order valence-corrected chi connectivity index (χ1v) is 25.7. The number of nitrogens with zero attached hydrogens (tertiary/aromatic N) is 6. The number of anilines is 1. The molecule has 5 aliphatic heterocycles. The number of amides is 1. The molecule has 5 aliphatic rings. The van der Waals surface area contributed by atoms with E-state index in [1.165, 1.54) is 6.07 Å². The van der Waals surface area contributed by atoms with Gasteiger partial charge < -0.3 is 23.8 Å². The molecule has 0 radical (unpaired) electrons. The molecule has 1 amide bonds. The van der Waals surface area contributed by atoms with Crippen LogP contribution >= 0.6 is 0 Å². The zero-order valence-electron chi connectivity index (χ0n) is 39.8. The smallest absolute Gasteiger partial charge is 0.410 e. The van der Waals surface area contributed by atoms with Crippen molar-refractivity contribution in [2.45, 2.75) is 153 Å². The van der Waals surface area contributed by atoms with Crippen LogP contribution in [-0.4, -0.2) is 114 Å². The van der Waals surface area contributed by atoms with E-state index >= 15 is 8.78 Å². The average Bonchev–Trinajstić information content (AvgIpc) is 3.85. The minimum atomic E-state index is -2.30. The summed E-state index contributed by atoms with van der Waals surface area (Å²) in [5, 5.41) is 1.49. The number of halogens is 2. The van der Waals surface area contributed by atoms with Crippen molar-refractivity contribution in [1.82, 2.24) is 24.8 Å². The summed E-state index contributed by atoms with van der Waals surface area (Å²) in [5.41, 5.74) is 5.10. The van der Waals surface area contributed by atoms with E-state index in [2.05, 4.69) is 69.4 Å². The highest BCUT2D eigenvalue weighted by Crippen LogP contribution is 2.49. The number of carbonyl (C=O) groups excluding carboxylic acids is 1. The predicted octanol–water partition coefficient (Wildman–Crippen LogP) is 10.2. The number of hydrogen-bond donors (Lipinski definition) is 0. The van der Waals surface area contributed by atoms with Crippen LogP contribution in [0.4, 0.5) is 19.4 Å². The van der Waals surface area contributed by atoms with Crippen LogP contribution in [0.3, 0.4) is 0 Å². The molecule has 2 aromatic carbocycles. The van der Waals surface area contributed by atoms with Crippen LogP contribution in [0.15, 0.2) is 42.5 Å². The molecule has 2 bridgehead atoms. The molecule has 4 aromatic rings. The summed E-state index contributed by atoms with van der Waals surface area (Å²) in [7, 11) is -0.575. The van der Waals surface area contributed by atoms with E-state index in [0.29, 0.717) is 57.1 Å². The number of methoxy groups -OCH3 is 1. The molecule has 2 aromatic heterocycles. The maximum absolute atomic E-state index is 18.1. The van der Waals surface area contributed by atoms with Gasteiger partial charge in [0.05, 0.1) is 35.3 Å². The normalized spacial score (nSPS) is 25.3. The Labute approximate surface area is 383 Å². The van der Waals surface area contributed by atoms with Gasteiger partial charge in [-0.3, -0.25) is 9.80 Å². The van der Waals surface area contributed by atoms with Crippen molar-refractivity contribution in [2.75, 3.05) is 38.3 Å². The molecule has 346 valence electrons. The summed E-state index contributed by atoms with van der Waals surface area (Å²) in [6.45, 7) is 27.6. The minimum Gasteiger partial charge on any atom is -0.472 e. The first-order chi connectivity index (χ1) is 30.8. The van der Waals surface area contributed by atoms with E-state index in [9.17, 15) is 4.79 Å². The van der Waals surface area contributed by atoms with Crippen LogP contribution in [0.25, 0.3) is 32.9 Å². The number of benzene rings is 2. The van der Waals surface area contributed by atoms with E-state index < -0.39 is 43.0 Å². The third kappa shape index (κ3) is 7.35. The van der Waals surface area contributed by atoms with Crippen LogP contribution in [0.2, 0.25) is 16.6 Å².